The highest BCUT2D eigenvalue weighted by atomic mass is 16.6. The molecule has 8 heteroatoms. The first-order valence-electron chi connectivity index (χ1n) is 6.59. The molecule has 1 aromatic heterocycles. The zero-order chi connectivity index (χ0) is 15.0. The Morgan fingerprint density at radius 1 is 1.57 bits per heavy atom. The molecule has 1 aliphatic heterocycles. The molecule has 0 unspecified atom stereocenters. The number of amides is 1. The fraction of sp³-hybridized carbons (Fsp3) is 0.385. The smallest absolute Gasteiger partial charge is 0.275 e. The summed E-state index contributed by atoms with van der Waals surface area (Å²) in [5, 5.41) is 18.1. The second kappa shape index (κ2) is 5.13. The molecule has 21 heavy (non-hydrogen) atoms. The normalized spacial score (nSPS) is 18.9. The molecule has 1 N–H and O–H groups in total. The summed E-state index contributed by atoms with van der Waals surface area (Å²) in [5.74, 6) is -0.239. The van der Waals surface area contributed by atoms with Crippen molar-refractivity contribution in [2.45, 2.75) is 13.0 Å². The molecule has 1 saturated heterocycles. The van der Waals surface area contributed by atoms with E-state index in [2.05, 4.69) is 10.2 Å². The molecule has 1 aromatic carbocycles. The summed E-state index contributed by atoms with van der Waals surface area (Å²) in [6.07, 6.45) is -0.0257. The predicted molar refractivity (Wildman–Crippen MR) is 74.1 cm³/mol. The number of aromatic amines is 1. The van der Waals surface area contributed by atoms with E-state index < -0.39 is 4.92 Å². The second-order valence-electron chi connectivity index (χ2n) is 4.99. The summed E-state index contributed by atoms with van der Waals surface area (Å²) in [5.41, 5.74) is 0.751. The van der Waals surface area contributed by atoms with Crippen LogP contribution in [0.1, 0.15) is 17.4 Å². The second-order valence-corrected chi connectivity index (χ2v) is 4.99. The van der Waals surface area contributed by atoms with Crippen molar-refractivity contribution < 1.29 is 14.5 Å². The molecule has 1 amide bonds. The Bertz CT molecular complexity index is 711. The van der Waals surface area contributed by atoms with Gasteiger partial charge in [-0.15, -0.1) is 0 Å². The number of hydrogen-bond acceptors (Lipinski definition) is 5. The van der Waals surface area contributed by atoms with E-state index in [9.17, 15) is 14.9 Å². The number of nitro benzene ring substituents is 1. The van der Waals surface area contributed by atoms with Crippen molar-refractivity contribution in [1.82, 2.24) is 15.1 Å². The highest BCUT2D eigenvalue weighted by molar-refractivity contribution is 6.05. The van der Waals surface area contributed by atoms with Gasteiger partial charge in [0, 0.05) is 30.6 Å². The average molecular weight is 290 g/mol. The standard InChI is InChI=1S/C13H14N4O4/c1-8-7-16(4-5-21-8)13(18)12-10-6-9(17(19)20)2-3-11(10)14-15-12/h2-3,6,8H,4-5,7H2,1H3,(H,14,15)/t8-/m1/s1. The zero-order valence-corrected chi connectivity index (χ0v) is 11.4. The van der Waals surface area contributed by atoms with Crippen LogP contribution in [0, 0.1) is 10.1 Å². The van der Waals surface area contributed by atoms with Crippen LogP contribution in [-0.2, 0) is 4.74 Å². The molecule has 0 aliphatic carbocycles. The number of H-pyrrole nitrogens is 1. The summed E-state index contributed by atoms with van der Waals surface area (Å²) in [6.45, 7) is 3.36. The number of hydrogen-bond donors (Lipinski definition) is 1. The first kappa shape index (κ1) is 13.5. The van der Waals surface area contributed by atoms with E-state index >= 15 is 0 Å². The van der Waals surface area contributed by atoms with E-state index in [1.54, 1.807) is 11.0 Å². The van der Waals surface area contributed by atoms with Crippen LogP contribution in [0.15, 0.2) is 18.2 Å². The number of ether oxygens (including phenoxy) is 1. The third-order valence-electron chi connectivity index (χ3n) is 3.49. The van der Waals surface area contributed by atoms with Crippen LogP contribution in [0.5, 0.6) is 0 Å². The monoisotopic (exact) mass is 290 g/mol. The lowest BCUT2D eigenvalue weighted by atomic mass is 10.1. The fourth-order valence-electron chi connectivity index (χ4n) is 2.43. The highest BCUT2D eigenvalue weighted by Crippen LogP contribution is 2.23. The van der Waals surface area contributed by atoms with E-state index in [0.717, 1.165) is 0 Å². The summed E-state index contributed by atoms with van der Waals surface area (Å²) in [4.78, 5) is 24.5. The van der Waals surface area contributed by atoms with Crippen molar-refractivity contribution in [3.05, 3.63) is 34.0 Å². The first-order valence-corrected chi connectivity index (χ1v) is 6.59. The third-order valence-corrected chi connectivity index (χ3v) is 3.49. The number of non-ortho nitro benzene ring substituents is 1. The Balaban J connectivity index is 1.97. The molecule has 1 atom stereocenters. The van der Waals surface area contributed by atoms with Crippen LogP contribution in [-0.4, -0.2) is 51.7 Å². The maximum atomic E-state index is 12.5. The van der Waals surface area contributed by atoms with Crippen LogP contribution >= 0.6 is 0 Å². The van der Waals surface area contributed by atoms with Crippen molar-refractivity contribution in [2.75, 3.05) is 19.7 Å². The Morgan fingerprint density at radius 2 is 2.38 bits per heavy atom. The third kappa shape index (κ3) is 2.45. The molecule has 0 bridgehead atoms. The maximum absolute atomic E-state index is 12.5. The van der Waals surface area contributed by atoms with Crippen LogP contribution in [0.2, 0.25) is 0 Å². The lowest BCUT2D eigenvalue weighted by molar-refractivity contribution is -0.384. The lowest BCUT2D eigenvalue weighted by Crippen LogP contribution is -2.44. The largest absolute Gasteiger partial charge is 0.375 e. The minimum absolute atomic E-state index is 0.0257. The Hall–Kier alpha value is -2.48. The van der Waals surface area contributed by atoms with E-state index in [1.807, 2.05) is 6.92 Å². The van der Waals surface area contributed by atoms with Gasteiger partial charge in [0.25, 0.3) is 11.6 Å². The van der Waals surface area contributed by atoms with Gasteiger partial charge < -0.3 is 9.64 Å². The molecule has 1 fully saturated rings. The molecule has 8 nitrogen and oxygen atoms in total. The van der Waals surface area contributed by atoms with E-state index in [1.165, 1.54) is 12.1 Å². The molecule has 1 aliphatic rings. The minimum Gasteiger partial charge on any atom is -0.375 e. The molecule has 110 valence electrons. The minimum atomic E-state index is -0.489. The van der Waals surface area contributed by atoms with Gasteiger partial charge in [-0.05, 0) is 13.0 Å². The molecule has 0 saturated carbocycles. The van der Waals surface area contributed by atoms with Crippen molar-refractivity contribution in [2.24, 2.45) is 0 Å². The number of fused-ring (bicyclic) bond motifs is 1. The van der Waals surface area contributed by atoms with Gasteiger partial charge in [0.1, 0.15) is 0 Å². The number of aromatic nitrogens is 2. The topological polar surface area (TPSA) is 101 Å². The van der Waals surface area contributed by atoms with Crippen LogP contribution in [0.25, 0.3) is 10.9 Å². The number of benzene rings is 1. The van der Waals surface area contributed by atoms with Gasteiger partial charge in [-0.25, -0.2) is 0 Å². The zero-order valence-electron chi connectivity index (χ0n) is 11.4. The molecule has 2 heterocycles. The quantitative estimate of drug-likeness (QED) is 0.664. The number of morpholine rings is 1. The number of rotatable bonds is 2. The van der Waals surface area contributed by atoms with Gasteiger partial charge in [-0.1, -0.05) is 0 Å². The highest BCUT2D eigenvalue weighted by Gasteiger charge is 2.26. The molecule has 3 rings (SSSR count). The molecular weight excluding hydrogens is 276 g/mol. The number of nitrogens with one attached hydrogen (secondary N) is 1. The molecule has 0 spiro atoms. The van der Waals surface area contributed by atoms with Gasteiger partial charge in [0.15, 0.2) is 5.69 Å². The summed E-state index contributed by atoms with van der Waals surface area (Å²) in [6, 6.07) is 4.31. The summed E-state index contributed by atoms with van der Waals surface area (Å²) in [7, 11) is 0. The van der Waals surface area contributed by atoms with Crippen LogP contribution < -0.4 is 0 Å². The molecule has 2 aromatic rings. The number of nitro groups is 1. The number of nitrogens with zero attached hydrogens (tertiary/aromatic N) is 3. The van der Waals surface area contributed by atoms with Gasteiger partial charge in [-0.3, -0.25) is 20.0 Å². The predicted octanol–water partition coefficient (Wildman–Crippen LogP) is 1.33. The Morgan fingerprint density at radius 3 is 3.10 bits per heavy atom. The molecular formula is C13H14N4O4. The number of carbonyl (C=O) groups is 1. The maximum Gasteiger partial charge on any atom is 0.275 e. The van der Waals surface area contributed by atoms with E-state index in [4.69, 9.17) is 4.74 Å². The van der Waals surface area contributed by atoms with Gasteiger partial charge in [-0.2, -0.15) is 5.10 Å². The molecule has 0 radical (unpaired) electrons. The van der Waals surface area contributed by atoms with E-state index in [-0.39, 0.29) is 23.4 Å². The van der Waals surface area contributed by atoms with E-state index in [0.29, 0.717) is 30.6 Å². The Labute approximate surface area is 119 Å². The van der Waals surface area contributed by atoms with Crippen molar-refractivity contribution in [3.8, 4) is 0 Å². The van der Waals surface area contributed by atoms with Gasteiger partial charge >= 0.3 is 0 Å². The fourth-order valence-corrected chi connectivity index (χ4v) is 2.43. The van der Waals surface area contributed by atoms with Crippen molar-refractivity contribution >= 4 is 22.5 Å². The van der Waals surface area contributed by atoms with Crippen LogP contribution in [0.3, 0.4) is 0 Å². The summed E-state index contributed by atoms with van der Waals surface area (Å²) >= 11 is 0. The SMILES string of the molecule is C[C@@H]1CN(C(=O)c2n[nH]c3ccc([N+](=O)[O-])cc23)CCO1. The van der Waals surface area contributed by atoms with Crippen molar-refractivity contribution in [1.29, 1.82) is 0 Å². The first-order chi connectivity index (χ1) is 10.1. The Kier molecular flexibility index (Phi) is 3.30. The van der Waals surface area contributed by atoms with Crippen molar-refractivity contribution in [3.63, 3.8) is 0 Å². The number of carbonyl (C=O) groups excluding carboxylic acids is 1. The summed E-state index contributed by atoms with van der Waals surface area (Å²) < 4.78 is 5.40. The van der Waals surface area contributed by atoms with Gasteiger partial charge in [0.05, 0.1) is 23.2 Å². The van der Waals surface area contributed by atoms with Gasteiger partial charge in [0.2, 0.25) is 0 Å². The lowest BCUT2D eigenvalue weighted by Gasteiger charge is -2.30. The van der Waals surface area contributed by atoms with Crippen LogP contribution in [0.4, 0.5) is 5.69 Å². The average Bonchev–Trinajstić information content (AvgIpc) is 2.89.